The number of hydrogen-bond acceptors (Lipinski definition) is 3. The SMILES string of the molecule is CCN1CCCC1CNC(=NCC(=O)N(C)C)NCC(C)(C)c1ccccc1.I. The van der Waals surface area contributed by atoms with Gasteiger partial charge in [0.05, 0.1) is 0 Å². The minimum absolute atomic E-state index is 0. The van der Waals surface area contributed by atoms with Gasteiger partial charge in [-0.3, -0.25) is 9.69 Å². The van der Waals surface area contributed by atoms with Crippen LogP contribution in [0.1, 0.15) is 39.2 Å². The predicted molar refractivity (Wildman–Crippen MR) is 132 cm³/mol. The summed E-state index contributed by atoms with van der Waals surface area (Å²) in [7, 11) is 3.52. The normalized spacial score (nSPS) is 17.6. The van der Waals surface area contributed by atoms with Gasteiger partial charge in [0.25, 0.3) is 0 Å². The fraction of sp³-hybridized carbons (Fsp3) is 0.636. The number of likely N-dealkylation sites (N-methyl/N-ethyl adjacent to an activating group) is 2. The lowest BCUT2D eigenvalue weighted by atomic mass is 9.85. The second-order valence-corrected chi connectivity index (χ2v) is 8.36. The second-order valence-electron chi connectivity index (χ2n) is 8.36. The van der Waals surface area contributed by atoms with Gasteiger partial charge in [-0.2, -0.15) is 0 Å². The van der Waals surface area contributed by atoms with E-state index < -0.39 is 0 Å². The summed E-state index contributed by atoms with van der Waals surface area (Å²) in [5.74, 6) is 0.710. The number of nitrogens with zero attached hydrogens (tertiary/aromatic N) is 3. The van der Waals surface area contributed by atoms with Crippen molar-refractivity contribution in [2.45, 2.75) is 45.1 Å². The Labute approximate surface area is 193 Å². The largest absolute Gasteiger partial charge is 0.356 e. The van der Waals surface area contributed by atoms with Gasteiger partial charge in [0, 0.05) is 38.6 Å². The van der Waals surface area contributed by atoms with Crippen molar-refractivity contribution in [3.05, 3.63) is 35.9 Å². The van der Waals surface area contributed by atoms with E-state index in [0.717, 1.165) is 19.6 Å². The highest BCUT2D eigenvalue weighted by Crippen LogP contribution is 2.21. The molecule has 0 saturated carbocycles. The van der Waals surface area contributed by atoms with Gasteiger partial charge in [-0.05, 0) is 31.5 Å². The van der Waals surface area contributed by atoms with Crippen molar-refractivity contribution in [1.82, 2.24) is 20.4 Å². The molecule has 2 N–H and O–H groups in total. The fourth-order valence-corrected chi connectivity index (χ4v) is 3.52. The third kappa shape index (κ3) is 8.12. The minimum atomic E-state index is -0.0436. The summed E-state index contributed by atoms with van der Waals surface area (Å²) in [6, 6.07) is 11.0. The molecule has 1 unspecified atom stereocenters. The molecule has 29 heavy (non-hydrogen) atoms. The summed E-state index contributed by atoms with van der Waals surface area (Å²) in [5.41, 5.74) is 1.23. The van der Waals surface area contributed by atoms with Crippen LogP contribution in [0, 0.1) is 0 Å². The molecule has 1 amide bonds. The molecule has 0 aliphatic carbocycles. The molecule has 2 rings (SSSR count). The molecular weight excluding hydrogens is 477 g/mol. The van der Waals surface area contributed by atoms with E-state index >= 15 is 0 Å². The molecule has 1 heterocycles. The first-order valence-corrected chi connectivity index (χ1v) is 10.4. The van der Waals surface area contributed by atoms with Crippen LogP contribution in [0.4, 0.5) is 0 Å². The van der Waals surface area contributed by atoms with Gasteiger partial charge >= 0.3 is 0 Å². The van der Waals surface area contributed by atoms with E-state index in [2.05, 4.69) is 65.6 Å². The Hall–Kier alpha value is -1.35. The number of halogens is 1. The Morgan fingerprint density at radius 3 is 2.55 bits per heavy atom. The van der Waals surface area contributed by atoms with Crippen LogP contribution in [0.3, 0.4) is 0 Å². The van der Waals surface area contributed by atoms with E-state index in [-0.39, 0.29) is 41.8 Å². The molecule has 1 fully saturated rings. The first-order chi connectivity index (χ1) is 13.3. The Morgan fingerprint density at radius 1 is 1.24 bits per heavy atom. The highest BCUT2D eigenvalue weighted by atomic mass is 127. The summed E-state index contributed by atoms with van der Waals surface area (Å²) < 4.78 is 0. The summed E-state index contributed by atoms with van der Waals surface area (Å²) in [4.78, 5) is 20.6. The molecule has 0 aromatic heterocycles. The first-order valence-electron chi connectivity index (χ1n) is 10.4. The molecule has 1 atom stereocenters. The molecule has 7 heteroatoms. The third-order valence-corrected chi connectivity index (χ3v) is 5.53. The summed E-state index contributed by atoms with van der Waals surface area (Å²) >= 11 is 0. The molecule has 164 valence electrons. The van der Waals surface area contributed by atoms with Crippen molar-refractivity contribution < 1.29 is 4.79 Å². The van der Waals surface area contributed by atoms with Crippen LogP contribution in [0.15, 0.2) is 35.3 Å². The summed E-state index contributed by atoms with van der Waals surface area (Å²) in [6.07, 6.45) is 2.46. The summed E-state index contributed by atoms with van der Waals surface area (Å²) in [6.45, 7) is 10.6. The maximum absolute atomic E-state index is 12.0. The molecule has 1 aromatic rings. The molecule has 1 aliphatic heterocycles. The van der Waals surface area contributed by atoms with Crippen LogP contribution >= 0.6 is 24.0 Å². The number of rotatable bonds is 8. The van der Waals surface area contributed by atoms with Gasteiger partial charge in [0.1, 0.15) is 6.54 Å². The zero-order chi connectivity index (χ0) is 20.6. The Kier molecular flexibility index (Phi) is 11.0. The monoisotopic (exact) mass is 515 g/mol. The minimum Gasteiger partial charge on any atom is -0.356 e. The van der Waals surface area contributed by atoms with Gasteiger partial charge in [0.2, 0.25) is 5.91 Å². The van der Waals surface area contributed by atoms with Gasteiger partial charge in [0.15, 0.2) is 5.96 Å². The highest BCUT2D eigenvalue weighted by molar-refractivity contribution is 14.0. The number of carbonyl (C=O) groups excluding carboxylic acids is 1. The number of carbonyl (C=O) groups is 1. The number of hydrogen-bond donors (Lipinski definition) is 2. The van der Waals surface area contributed by atoms with Gasteiger partial charge in [-0.15, -0.1) is 24.0 Å². The predicted octanol–water partition coefficient (Wildman–Crippen LogP) is 2.69. The number of guanidine groups is 1. The fourth-order valence-electron chi connectivity index (χ4n) is 3.52. The quantitative estimate of drug-likeness (QED) is 0.318. The molecule has 0 spiro atoms. The molecule has 0 bridgehead atoms. The molecule has 1 saturated heterocycles. The van der Waals surface area contributed by atoms with E-state index in [4.69, 9.17) is 0 Å². The van der Waals surface area contributed by atoms with Crippen LogP contribution in [0.2, 0.25) is 0 Å². The van der Waals surface area contributed by atoms with Gasteiger partial charge in [-0.1, -0.05) is 51.1 Å². The van der Waals surface area contributed by atoms with Crippen molar-refractivity contribution in [2.24, 2.45) is 4.99 Å². The maximum atomic E-state index is 12.0. The number of amides is 1. The van der Waals surface area contributed by atoms with E-state index in [1.807, 2.05) is 6.07 Å². The average molecular weight is 515 g/mol. The zero-order valence-electron chi connectivity index (χ0n) is 18.6. The van der Waals surface area contributed by atoms with Gasteiger partial charge in [-0.25, -0.2) is 4.99 Å². The van der Waals surface area contributed by atoms with E-state index in [9.17, 15) is 4.79 Å². The number of aliphatic imine (C=N–C) groups is 1. The van der Waals surface area contributed by atoms with Crippen molar-refractivity contribution >= 4 is 35.8 Å². The summed E-state index contributed by atoms with van der Waals surface area (Å²) in [5, 5.41) is 6.93. The standard InChI is InChI=1S/C22H37N5O.HI/c1-6-27-14-10-13-19(27)15-23-21(24-16-20(28)26(4)5)25-17-22(2,3)18-11-8-7-9-12-18;/h7-9,11-12,19H,6,10,13-17H2,1-5H3,(H2,23,24,25);1H. The molecule has 6 nitrogen and oxygen atoms in total. The van der Waals surface area contributed by atoms with Crippen LogP contribution in [0.25, 0.3) is 0 Å². The molecule has 0 radical (unpaired) electrons. The van der Waals surface area contributed by atoms with Crippen LogP contribution < -0.4 is 10.6 Å². The Bertz CT molecular complexity index is 648. The van der Waals surface area contributed by atoms with Crippen molar-refractivity contribution in [2.75, 3.05) is 46.8 Å². The molecule has 1 aliphatic rings. The van der Waals surface area contributed by atoms with Crippen molar-refractivity contribution in [1.29, 1.82) is 0 Å². The third-order valence-electron chi connectivity index (χ3n) is 5.53. The Morgan fingerprint density at radius 2 is 1.93 bits per heavy atom. The molecule has 1 aromatic carbocycles. The highest BCUT2D eigenvalue weighted by Gasteiger charge is 2.24. The lowest BCUT2D eigenvalue weighted by molar-refractivity contribution is -0.127. The second kappa shape index (κ2) is 12.4. The number of nitrogens with one attached hydrogen (secondary N) is 2. The first kappa shape index (κ1) is 25.7. The lowest BCUT2D eigenvalue weighted by Crippen LogP contribution is -2.48. The van der Waals surface area contributed by atoms with E-state index in [1.54, 1.807) is 19.0 Å². The van der Waals surface area contributed by atoms with Crippen molar-refractivity contribution in [3.8, 4) is 0 Å². The Balaban J connectivity index is 0.00000420. The van der Waals surface area contributed by atoms with E-state index in [0.29, 0.717) is 12.0 Å². The lowest BCUT2D eigenvalue weighted by Gasteiger charge is -2.28. The molecular formula is C22H38IN5O. The van der Waals surface area contributed by atoms with Gasteiger partial charge < -0.3 is 15.5 Å². The number of likely N-dealkylation sites (tertiary alicyclic amines) is 1. The smallest absolute Gasteiger partial charge is 0.243 e. The zero-order valence-corrected chi connectivity index (χ0v) is 20.9. The van der Waals surface area contributed by atoms with Crippen LogP contribution in [-0.4, -0.2) is 74.5 Å². The maximum Gasteiger partial charge on any atom is 0.243 e. The van der Waals surface area contributed by atoms with Crippen LogP contribution in [-0.2, 0) is 10.2 Å². The van der Waals surface area contributed by atoms with Crippen LogP contribution in [0.5, 0.6) is 0 Å². The topological polar surface area (TPSA) is 60.0 Å². The average Bonchev–Trinajstić information content (AvgIpc) is 3.15. The van der Waals surface area contributed by atoms with E-state index in [1.165, 1.54) is 24.9 Å². The number of benzene rings is 1. The van der Waals surface area contributed by atoms with Crippen molar-refractivity contribution in [3.63, 3.8) is 0 Å².